The Bertz CT molecular complexity index is 302. The van der Waals surface area contributed by atoms with E-state index >= 15 is 0 Å². The Balaban J connectivity index is 2.92. The predicted octanol–water partition coefficient (Wildman–Crippen LogP) is 3.28. The lowest BCUT2D eigenvalue weighted by molar-refractivity contribution is 0.288. The Morgan fingerprint density at radius 3 is 2.62 bits per heavy atom. The first-order valence-electron chi connectivity index (χ1n) is 3.89. The number of benzene rings is 1. The van der Waals surface area contributed by atoms with Crippen LogP contribution in [0.1, 0.15) is 12.0 Å². The molecule has 4 heteroatoms. The third-order valence-corrected chi connectivity index (χ3v) is 2.71. The van der Waals surface area contributed by atoms with Crippen LogP contribution >= 0.6 is 31.9 Å². The van der Waals surface area contributed by atoms with Crippen molar-refractivity contribution in [1.82, 2.24) is 0 Å². The van der Waals surface area contributed by atoms with Crippen LogP contribution in [0.5, 0.6) is 0 Å². The summed E-state index contributed by atoms with van der Waals surface area (Å²) in [4.78, 5) is 0. The van der Waals surface area contributed by atoms with Crippen molar-refractivity contribution in [1.29, 1.82) is 0 Å². The molecule has 0 atom stereocenters. The summed E-state index contributed by atoms with van der Waals surface area (Å²) in [5, 5.41) is 8.61. The molecule has 0 amide bonds. The number of aliphatic hydroxyl groups excluding tert-OH is 1. The van der Waals surface area contributed by atoms with Gasteiger partial charge in [-0.1, -0.05) is 15.9 Å². The highest BCUT2D eigenvalue weighted by Gasteiger charge is 2.07. The number of aryl methyl sites for hydroxylation is 1. The van der Waals surface area contributed by atoms with Crippen LogP contribution in [0, 0.1) is 5.82 Å². The molecule has 0 bridgehead atoms. The average Bonchev–Trinajstić information content (AvgIpc) is 2.09. The summed E-state index contributed by atoms with van der Waals surface area (Å²) in [6.07, 6.45) is 1.14. The molecule has 0 heterocycles. The fraction of sp³-hybridized carbons (Fsp3) is 0.333. The van der Waals surface area contributed by atoms with E-state index in [1.807, 2.05) is 0 Å². The fourth-order valence-corrected chi connectivity index (χ4v) is 2.37. The van der Waals surface area contributed by atoms with E-state index in [9.17, 15) is 4.39 Å². The van der Waals surface area contributed by atoms with Crippen molar-refractivity contribution in [3.05, 3.63) is 32.5 Å². The lowest BCUT2D eigenvalue weighted by Gasteiger charge is -2.04. The molecule has 0 saturated heterocycles. The van der Waals surface area contributed by atoms with Crippen LogP contribution < -0.4 is 0 Å². The van der Waals surface area contributed by atoms with Crippen LogP contribution in [0.4, 0.5) is 4.39 Å². The lowest BCUT2D eigenvalue weighted by Crippen LogP contribution is -1.94. The molecule has 0 unspecified atom stereocenters. The van der Waals surface area contributed by atoms with Gasteiger partial charge in [-0.05, 0) is 46.5 Å². The predicted molar refractivity (Wildman–Crippen MR) is 57.2 cm³/mol. The molecule has 0 aliphatic carbocycles. The molecule has 0 aromatic heterocycles. The quantitative estimate of drug-likeness (QED) is 0.849. The molecule has 0 aliphatic rings. The van der Waals surface area contributed by atoms with Crippen molar-refractivity contribution in [3.63, 3.8) is 0 Å². The van der Waals surface area contributed by atoms with E-state index < -0.39 is 0 Å². The Morgan fingerprint density at radius 2 is 2.00 bits per heavy atom. The molecular weight excluding hydrogens is 303 g/mol. The normalized spacial score (nSPS) is 10.5. The van der Waals surface area contributed by atoms with Crippen LogP contribution in [-0.4, -0.2) is 11.7 Å². The molecule has 1 rings (SSSR count). The summed E-state index contributed by atoms with van der Waals surface area (Å²) in [6.45, 7) is 0.0869. The minimum Gasteiger partial charge on any atom is -0.396 e. The number of rotatable bonds is 3. The Kier molecular flexibility index (Phi) is 4.35. The van der Waals surface area contributed by atoms with Crippen LogP contribution in [-0.2, 0) is 6.42 Å². The monoisotopic (exact) mass is 310 g/mol. The molecule has 1 nitrogen and oxygen atoms in total. The van der Waals surface area contributed by atoms with E-state index in [4.69, 9.17) is 5.11 Å². The van der Waals surface area contributed by atoms with E-state index in [1.54, 1.807) is 12.1 Å². The van der Waals surface area contributed by atoms with Crippen LogP contribution in [0.25, 0.3) is 0 Å². The van der Waals surface area contributed by atoms with Crippen LogP contribution in [0.2, 0.25) is 0 Å². The van der Waals surface area contributed by atoms with Crippen molar-refractivity contribution in [2.45, 2.75) is 12.8 Å². The Hall–Kier alpha value is 0.0700. The number of halogens is 3. The van der Waals surface area contributed by atoms with Gasteiger partial charge in [-0.15, -0.1) is 0 Å². The highest BCUT2D eigenvalue weighted by atomic mass is 79.9. The van der Waals surface area contributed by atoms with E-state index in [-0.39, 0.29) is 12.4 Å². The Labute approximate surface area is 93.2 Å². The first kappa shape index (κ1) is 11.1. The smallest absolute Gasteiger partial charge is 0.140 e. The lowest BCUT2D eigenvalue weighted by atomic mass is 10.1. The van der Waals surface area contributed by atoms with Crippen molar-refractivity contribution < 1.29 is 9.50 Å². The standard InChI is InChI=1S/C9H9Br2FO/c10-7-4-6(2-1-3-13)9(12)8(11)5-7/h4-5,13H,1-3H2. The second-order valence-corrected chi connectivity index (χ2v) is 4.46. The molecule has 72 valence electrons. The van der Waals surface area contributed by atoms with Gasteiger partial charge in [0.2, 0.25) is 0 Å². The zero-order chi connectivity index (χ0) is 9.84. The molecule has 1 aromatic carbocycles. The second kappa shape index (κ2) is 5.08. The fourth-order valence-electron chi connectivity index (χ4n) is 1.06. The first-order valence-corrected chi connectivity index (χ1v) is 5.48. The number of hydrogen-bond acceptors (Lipinski definition) is 1. The minimum atomic E-state index is -0.239. The maximum atomic E-state index is 13.4. The summed E-state index contributed by atoms with van der Waals surface area (Å²) in [5.41, 5.74) is 0.621. The van der Waals surface area contributed by atoms with Gasteiger partial charge in [0.1, 0.15) is 5.82 Å². The molecule has 1 N–H and O–H groups in total. The van der Waals surface area contributed by atoms with E-state index in [0.717, 1.165) is 4.47 Å². The summed E-state index contributed by atoms with van der Waals surface area (Å²) in [7, 11) is 0. The maximum absolute atomic E-state index is 13.4. The van der Waals surface area contributed by atoms with Gasteiger partial charge in [0.15, 0.2) is 0 Å². The third kappa shape index (κ3) is 3.04. The molecule has 0 radical (unpaired) electrons. The highest BCUT2D eigenvalue weighted by molar-refractivity contribution is 9.11. The van der Waals surface area contributed by atoms with Gasteiger partial charge in [0, 0.05) is 11.1 Å². The number of hydrogen-bond donors (Lipinski definition) is 1. The molecular formula is C9H9Br2FO. The van der Waals surface area contributed by atoms with Gasteiger partial charge in [-0.25, -0.2) is 4.39 Å². The minimum absolute atomic E-state index is 0.0869. The van der Waals surface area contributed by atoms with Crippen LogP contribution in [0.3, 0.4) is 0 Å². The van der Waals surface area contributed by atoms with Crippen molar-refractivity contribution >= 4 is 31.9 Å². The molecule has 1 aromatic rings. The summed E-state index contributed by atoms with van der Waals surface area (Å²) in [6, 6.07) is 3.40. The van der Waals surface area contributed by atoms with Gasteiger partial charge in [0.05, 0.1) is 4.47 Å². The van der Waals surface area contributed by atoms with Crippen molar-refractivity contribution in [2.24, 2.45) is 0 Å². The summed E-state index contributed by atoms with van der Waals surface area (Å²) < 4.78 is 14.7. The van der Waals surface area contributed by atoms with Gasteiger partial charge in [-0.3, -0.25) is 0 Å². The average molecular weight is 312 g/mol. The molecule has 0 saturated carbocycles. The molecule has 0 fully saturated rings. The largest absolute Gasteiger partial charge is 0.396 e. The molecule has 0 spiro atoms. The first-order chi connectivity index (χ1) is 6.15. The van der Waals surface area contributed by atoms with Gasteiger partial charge < -0.3 is 5.11 Å². The Morgan fingerprint density at radius 1 is 1.31 bits per heavy atom. The molecule has 13 heavy (non-hydrogen) atoms. The third-order valence-electron chi connectivity index (χ3n) is 1.67. The highest BCUT2D eigenvalue weighted by Crippen LogP contribution is 2.25. The number of aliphatic hydroxyl groups is 1. The topological polar surface area (TPSA) is 20.2 Å². The van der Waals surface area contributed by atoms with E-state index in [0.29, 0.717) is 22.9 Å². The van der Waals surface area contributed by atoms with Crippen LogP contribution in [0.15, 0.2) is 21.1 Å². The second-order valence-electron chi connectivity index (χ2n) is 2.69. The van der Waals surface area contributed by atoms with Gasteiger partial charge in [0.25, 0.3) is 0 Å². The zero-order valence-electron chi connectivity index (χ0n) is 6.86. The summed E-state index contributed by atoms with van der Waals surface area (Å²) >= 11 is 6.40. The van der Waals surface area contributed by atoms with Gasteiger partial charge >= 0.3 is 0 Å². The van der Waals surface area contributed by atoms with E-state index in [1.165, 1.54) is 0 Å². The molecule has 0 aliphatic heterocycles. The maximum Gasteiger partial charge on any atom is 0.140 e. The SMILES string of the molecule is OCCCc1cc(Br)cc(Br)c1F. The summed E-state index contributed by atoms with van der Waals surface area (Å²) in [5.74, 6) is -0.239. The van der Waals surface area contributed by atoms with Gasteiger partial charge in [-0.2, -0.15) is 0 Å². The van der Waals surface area contributed by atoms with Crippen molar-refractivity contribution in [2.75, 3.05) is 6.61 Å². The zero-order valence-corrected chi connectivity index (χ0v) is 10.0. The van der Waals surface area contributed by atoms with Crippen molar-refractivity contribution in [3.8, 4) is 0 Å². The van der Waals surface area contributed by atoms with E-state index in [2.05, 4.69) is 31.9 Å².